The van der Waals surface area contributed by atoms with Crippen LogP contribution in [0.5, 0.6) is 0 Å². The normalized spacial score (nSPS) is 12.9. The quantitative estimate of drug-likeness (QED) is 0.325. The lowest BCUT2D eigenvalue weighted by molar-refractivity contribution is 0.318. The molecule has 4 aromatic rings. The Morgan fingerprint density at radius 2 is 1.74 bits per heavy atom. The van der Waals surface area contributed by atoms with Crippen LogP contribution in [0.2, 0.25) is 5.02 Å². The van der Waals surface area contributed by atoms with Crippen molar-refractivity contribution in [1.29, 1.82) is 0 Å². The largest absolute Gasteiger partial charge is 0.397 e. The number of nitrogen functional groups attached to an aromatic ring is 1. The summed E-state index contributed by atoms with van der Waals surface area (Å²) in [4.78, 5) is 4.90. The molecule has 4 nitrogen and oxygen atoms in total. The maximum Gasteiger partial charge on any atom is 0.128 e. The third kappa shape index (κ3) is 4.26. The molecule has 0 bridgehead atoms. The number of nitrogens with zero attached hydrogens (tertiary/aromatic N) is 2. The number of nitrogens with two attached hydrogens (primary N) is 1. The molecule has 5 rings (SSSR count). The molecule has 31 heavy (non-hydrogen) atoms. The number of benzene rings is 2. The molecule has 0 unspecified atom stereocenters. The SMILES string of the molecule is CCO.Nc1c(-c2nc3ccccc3s2)c2c(c(=S)n1-c1ccc(Cl)cc1)CCCC2. The summed E-state index contributed by atoms with van der Waals surface area (Å²) in [7, 11) is 0. The van der Waals surface area contributed by atoms with Crippen molar-refractivity contribution in [2.24, 2.45) is 0 Å². The lowest BCUT2D eigenvalue weighted by atomic mass is 9.89. The summed E-state index contributed by atoms with van der Waals surface area (Å²) in [5.41, 5.74) is 12.3. The number of hydrogen-bond acceptors (Lipinski definition) is 5. The molecule has 7 heteroatoms. The average molecular weight is 470 g/mol. The van der Waals surface area contributed by atoms with Gasteiger partial charge in [-0.05, 0) is 80.1 Å². The molecule has 0 aliphatic heterocycles. The summed E-state index contributed by atoms with van der Waals surface area (Å²) >= 11 is 13.7. The number of fused-ring (bicyclic) bond motifs is 2. The second kappa shape index (κ2) is 9.49. The van der Waals surface area contributed by atoms with Gasteiger partial charge in [-0.3, -0.25) is 4.57 Å². The van der Waals surface area contributed by atoms with Gasteiger partial charge in [0, 0.05) is 17.3 Å². The first-order valence-corrected chi connectivity index (χ1v) is 11.9. The van der Waals surface area contributed by atoms with Gasteiger partial charge in [0.05, 0.1) is 15.8 Å². The van der Waals surface area contributed by atoms with Crippen molar-refractivity contribution in [3.8, 4) is 16.3 Å². The zero-order valence-corrected chi connectivity index (χ0v) is 19.7. The van der Waals surface area contributed by atoms with Crippen LogP contribution < -0.4 is 5.73 Å². The molecule has 2 aromatic heterocycles. The van der Waals surface area contributed by atoms with Gasteiger partial charge in [-0.2, -0.15) is 0 Å². The molecule has 0 fully saturated rings. The molecule has 0 saturated heterocycles. The van der Waals surface area contributed by atoms with Gasteiger partial charge in [0.25, 0.3) is 0 Å². The number of aromatic nitrogens is 2. The predicted molar refractivity (Wildman–Crippen MR) is 134 cm³/mol. The lowest BCUT2D eigenvalue weighted by Gasteiger charge is -2.24. The van der Waals surface area contributed by atoms with Crippen LogP contribution in [-0.2, 0) is 12.8 Å². The topological polar surface area (TPSA) is 64.1 Å². The molecular weight excluding hydrogens is 446 g/mol. The lowest BCUT2D eigenvalue weighted by Crippen LogP contribution is -2.15. The summed E-state index contributed by atoms with van der Waals surface area (Å²) < 4.78 is 3.96. The van der Waals surface area contributed by atoms with E-state index in [4.69, 9.17) is 39.6 Å². The van der Waals surface area contributed by atoms with Crippen molar-refractivity contribution >= 4 is 51.2 Å². The number of hydrogen-bond donors (Lipinski definition) is 2. The minimum absolute atomic E-state index is 0.250. The zero-order valence-electron chi connectivity index (χ0n) is 17.3. The highest BCUT2D eigenvalue weighted by Gasteiger charge is 2.24. The summed E-state index contributed by atoms with van der Waals surface area (Å²) in [5.74, 6) is 0.659. The van der Waals surface area contributed by atoms with E-state index in [1.54, 1.807) is 18.3 Å². The summed E-state index contributed by atoms with van der Waals surface area (Å²) in [5, 5.41) is 9.23. The van der Waals surface area contributed by atoms with E-state index in [-0.39, 0.29) is 6.61 Å². The Hall–Kier alpha value is -2.25. The number of anilines is 1. The van der Waals surface area contributed by atoms with Gasteiger partial charge in [0.1, 0.15) is 15.5 Å². The molecule has 2 aromatic carbocycles. The Kier molecular flexibility index (Phi) is 6.72. The molecule has 0 saturated carbocycles. The molecule has 160 valence electrons. The number of aliphatic hydroxyl groups excluding tert-OH is 1. The van der Waals surface area contributed by atoms with Crippen molar-refractivity contribution in [3.05, 3.63) is 69.3 Å². The highest BCUT2D eigenvalue weighted by molar-refractivity contribution is 7.71. The first-order valence-electron chi connectivity index (χ1n) is 10.3. The van der Waals surface area contributed by atoms with E-state index in [1.807, 2.05) is 47.0 Å². The van der Waals surface area contributed by atoms with Gasteiger partial charge in [-0.1, -0.05) is 36.0 Å². The summed E-state index contributed by atoms with van der Waals surface area (Å²) in [6.07, 6.45) is 4.29. The van der Waals surface area contributed by atoms with E-state index in [1.165, 1.54) is 15.8 Å². The van der Waals surface area contributed by atoms with Crippen molar-refractivity contribution in [3.63, 3.8) is 0 Å². The Bertz CT molecular complexity index is 1250. The van der Waals surface area contributed by atoms with E-state index >= 15 is 0 Å². The van der Waals surface area contributed by atoms with Crippen molar-refractivity contribution in [2.45, 2.75) is 32.6 Å². The monoisotopic (exact) mass is 469 g/mol. The molecule has 0 spiro atoms. The van der Waals surface area contributed by atoms with Crippen LogP contribution in [0.1, 0.15) is 30.9 Å². The fourth-order valence-corrected chi connectivity index (χ4v) is 5.59. The first-order chi connectivity index (χ1) is 15.0. The van der Waals surface area contributed by atoms with Crippen LogP contribution in [0, 0.1) is 4.64 Å². The Morgan fingerprint density at radius 1 is 1.10 bits per heavy atom. The third-order valence-electron chi connectivity index (χ3n) is 5.32. The van der Waals surface area contributed by atoms with Gasteiger partial charge in [-0.15, -0.1) is 11.3 Å². The molecule has 1 aliphatic carbocycles. The standard InChI is InChI=1S/C22H18ClN3S2.C2H6O/c23-13-9-11-14(12-10-13)26-20(24)19(15-5-1-2-6-16(15)22(26)27)21-25-17-7-3-4-8-18(17)28-21;1-2-3/h3-4,7-12H,1-2,5-6,24H2;3H,2H2,1H3. The third-order valence-corrected chi connectivity index (χ3v) is 7.06. The highest BCUT2D eigenvalue weighted by Crippen LogP contribution is 2.41. The second-order valence-electron chi connectivity index (χ2n) is 7.34. The van der Waals surface area contributed by atoms with E-state index in [0.29, 0.717) is 10.8 Å². The second-order valence-corrected chi connectivity index (χ2v) is 9.20. The predicted octanol–water partition coefficient (Wildman–Crippen LogP) is 6.60. The molecule has 2 heterocycles. The number of para-hydroxylation sites is 1. The van der Waals surface area contributed by atoms with Gasteiger partial charge < -0.3 is 10.8 Å². The van der Waals surface area contributed by atoms with Crippen molar-refractivity contribution in [1.82, 2.24) is 9.55 Å². The van der Waals surface area contributed by atoms with Crippen LogP contribution in [0.25, 0.3) is 26.5 Å². The van der Waals surface area contributed by atoms with E-state index in [0.717, 1.165) is 52.1 Å². The average Bonchev–Trinajstić information content (AvgIpc) is 3.19. The summed E-state index contributed by atoms with van der Waals surface area (Å²) in [6, 6.07) is 15.9. The van der Waals surface area contributed by atoms with Crippen molar-refractivity contribution < 1.29 is 5.11 Å². The molecule has 3 N–H and O–H groups in total. The van der Waals surface area contributed by atoms with Crippen LogP contribution in [-0.4, -0.2) is 21.3 Å². The molecule has 1 aliphatic rings. The molecule has 0 atom stereocenters. The fourth-order valence-electron chi connectivity index (χ4n) is 3.99. The maximum absolute atomic E-state index is 7.57. The zero-order chi connectivity index (χ0) is 22.0. The summed E-state index contributed by atoms with van der Waals surface area (Å²) in [6.45, 7) is 1.93. The van der Waals surface area contributed by atoms with Crippen LogP contribution in [0.3, 0.4) is 0 Å². The molecular formula is C24H24ClN3OS2. The fraction of sp³-hybridized carbons (Fsp3) is 0.250. The van der Waals surface area contributed by atoms with Crippen LogP contribution in [0.15, 0.2) is 48.5 Å². The number of aliphatic hydroxyl groups is 1. The van der Waals surface area contributed by atoms with Gasteiger partial charge in [0.15, 0.2) is 0 Å². The van der Waals surface area contributed by atoms with Gasteiger partial charge in [0.2, 0.25) is 0 Å². The Balaban J connectivity index is 0.000000730. The van der Waals surface area contributed by atoms with Crippen LogP contribution in [0.4, 0.5) is 5.82 Å². The molecule has 0 radical (unpaired) electrons. The highest BCUT2D eigenvalue weighted by atomic mass is 35.5. The van der Waals surface area contributed by atoms with E-state index < -0.39 is 0 Å². The van der Waals surface area contributed by atoms with Crippen LogP contribution >= 0.6 is 35.2 Å². The number of rotatable bonds is 2. The van der Waals surface area contributed by atoms with Gasteiger partial charge in [-0.25, -0.2) is 4.98 Å². The smallest absolute Gasteiger partial charge is 0.128 e. The van der Waals surface area contributed by atoms with Crippen molar-refractivity contribution in [2.75, 3.05) is 12.3 Å². The molecule has 0 amide bonds. The van der Waals surface area contributed by atoms with E-state index in [9.17, 15) is 0 Å². The Labute approximate surface area is 196 Å². The number of halogens is 1. The number of pyridine rings is 1. The van der Waals surface area contributed by atoms with E-state index in [2.05, 4.69) is 6.07 Å². The van der Waals surface area contributed by atoms with Gasteiger partial charge >= 0.3 is 0 Å². The number of thiazole rings is 1. The first kappa shape index (κ1) is 22.0. The minimum atomic E-state index is 0.250. The Morgan fingerprint density at radius 3 is 2.42 bits per heavy atom. The maximum atomic E-state index is 7.57. The minimum Gasteiger partial charge on any atom is -0.397 e.